The molecule has 0 radical (unpaired) electrons. The Balaban J connectivity index is 2.18. The zero-order valence-corrected chi connectivity index (χ0v) is 21.5. The number of hydrogen-bond donors (Lipinski definition) is 1. The van der Waals surface area contributed by atoms with Gasteiger partial charge in [-0.15, -0.1) is 0 Å². The number of amides is 2. The summed E-state index contributed by atoms with van der Waals surface area (Å²) < 4.78 is 44.5. The van der Waals surface area contributed by atoms with Gasteiger partial charge in [0, 0.05) is 26.1 Å². The number of sulfonamides is 1. The van der Waals surface area contributed by atoms with Gasteiger partial charge >= 0.3 is 0 Å². The van der Waals surface area contributed by atoms with Gasteiger partial charge in [0.25, 0.3) is 0 Å². The molecule has 1 N–H and O–H groups in total. The minimum absolute atomic E-state index is 0.0409. The van der Waals surface area contributed by atoms with E-state index >= 15 is 0 Å². The van der Waals surface area contributed by atoms with Crippen molar-refractivity contribution in [2.24, 2.45) is 0 Å². The van der Waals surface area contributed by atoms with Crippen LogP contribution in [-0.4, -0.2) is 57.6 Å². The van der Waals surface area contributed by atoms with E-state index in [1.54, 1.807) is 43.3 Å². The van der Waals surface area contributed by atoms with E-state index in [-0.39, 0.29) is 43.6 Å². The minimum Gasteiger partial charge on any atom is -0.497 e. The van der Waals surface area contributed by atoms with Gasteiger partial charge in [-0.3, -0.25) is 13.9 Å². The van der Waals surface area contributed by atoms with Crippen molar-refractivity contribution in [3.8, 4) is 5.75 Å². The van der Waals surface area contributed by atoms with Crippen molar-refractivity contribution in [1.29, 1.82) is 0 Å². The first-order valence-corrected chi connectivity index (χ1v) is 13.4. The van der Waals surface area contributed by atoms with E-state index in [1.165, 1.54) is 28.4 Å². The predicted octanol–water partition coefficient (Wildman–Crippen LogP) is 3.32. The van der Waals surface area contributed by atoms with Crippen LogP contribution in [0.5, 0.6) is 5.75 Å². The first kappa shape index (κ1) is 28.1. The molecule has 0 aliphatic rings. The molecular weight excluding hydrogens is 473 g/mol. The lowest BCUT2D eigenvalue weighted by Crippen LogP contribution is -2.49. The zero-order chi connectivity index (χ0) is 26.0. The number of carbonyl (C=O) groups is 2. The largest absolute Gasteiger partial charge is 0.497 e. The number of halogens is 1. The quantitative estimate of drug-likeness (QED) is 0.449. The SMILES string of the molecule is CCNC(=O)[C@H](CC)N(Cc1ccc(F)cc1)C(=O)CCCN(c1ccc(OC)cc1)S(C)(=O)=O. The summed E-state index contributed by atoms with van der Waals surface area (Å²) in [5.74, 6) is -0.330. The van der Waals surface area contributed by atoms with Crippen molar-refractivity contribution in [2.45, 2.75) is 45.7 Å². The van der Waals surface area contributed by atoms with E-state index in [1.807, 2.05) is 6.92 Å². The van der Waals surface area contributed by atoms with Crippen molar-refractivity contribution in [2.75, 3.05) is 30.8 Å². The van der Waals surface area contributed by atoms with Crippen molar-refractivity contribution in [3.63, 3.8) is 0 Å². The standard InChI is InChI=1S/C25H34FN3O5S/c1-5-23(25(31)27-6-2)28(18-19-9-11-20(26)12-10-19)24(30)8-7-17-29(35(4,32)33)21-13-15-22(34-3)16-14-21/h9-16,23H,5-8,17-18H2,1-4H3,(H,27,31)/t23-/m0/s1. The second kappa shape index (κ2) is 13.1. The third kappa shape index (κ3) is 8.24. The van der Waals surface area contributed by atoms with E-state index in [0.29, 0.717) is 30.0 Å². The highest BCUT2D eigenvalue weighted by Crippen LogP contribution is 2.22. The van der Waals surface area contributed by atoms with E-state index in [4.69, 9.17) is 4.74 Å². The highest BCUT2D eigenvalue weighted by atomic mass is 32.2. The maximum atomic E-state index is 13.4. The van der Waals surface area contributed by atoms with Gasteiger partial charge in [-0.2, -0.15) is 0 Å². The molecule has 10 heteroatoms. The molecule has 0 bridgehead atoms. The van der Waals surface area contributed by atoms with Gasteiger partial charge in [-0.1, -0.05) is 19.1 Å². The topological polar surface area (TPSA) is 96.0 Å². The molecule has 0 unspecified atom stereocenters. The van der Waals surface area contributed by atoms with Gasteiger partial charge in [-0.25, -0.2) is 12.8 Å². The Bertz CT molecular complexity index is 1080. The van der Waals surface area contributed by atoms with E-state index < -0.39 is 16.1 Å². The lowest BCUT2D eigenvalue weighted by atomic mass is 10.1. The van der Waals surface area contributed by atoms with E-state index in [9.17, 15) is 22.4 Å². The molecule has 0 aromatic heterocycles. The zero-order valence-electron chi connectivity index (χ0n) is 20.7. The molecule has 0 spiro atoms. The normalized spacial score (nSPS) is 12.0. The maximum Gasteiger partial charge on any atom is 0.242 e. The van der Waals surface area contributed by atoms with Gasteiger partial charge in [0.2, 0.25) is 21.8 Å². The average molecular weight is 508 g/mol. The average Bonchev–Trinajstić information content (AvgIpc) is 2.82. The van der Waals surface area contributed by atoms with Crippen LogP contribution in [0.4, 0.5) is 10.1 Å². The van der Waals surface area contributed by atoms with Crippen molar-refractivity contribution < 1.29 is 27.1 Å². The molecule has 2 amide bonds. The second-order valence-electron chi connectivity index (χ2n) is 8.10. The highest BCUT2D eigenvalue weighted by Gasteiger charge is 2.28. The summed E-state index contributed by atoms with van der Waals surface area (Å²) in [7, 11) is -2.06. The summed E-state index contributed by atoms with van der Waals surface area (Å²) in [4.78, 5) is 27.4. The lowest BCUT2D eigenvalue weighted by molar-refractivity contribution is -0.141. The Labute approximate surface area is 207 Å². The van der Waals surface area contributed by atoms with E-state index in [2.05, 4.69) is 5.32 Å². The number of rotatable bonds is 13. The Morgan fingerprint density at radius 3 is 2.20 bits per heavy atom. The van der Waals surface area contributed by atoms with Crippen LogP contribution in [0.1, 0.15) is 38.7 Å². The van der Waals surface area contributed by atoms with Crippen LogP contribution in [0.2, 0.25) is 0 Å². The Morgan fingerprint density at radius 2 is 1.69 bits per heavy atom. The van der Waals surface area contributed by atoms with Gasteiger partial charge in [0.15, 0.2) is 0 Å². The molecule has 0 heterocycles. The summed E-state index contributed by atoms with van der Waals surface area (Å²) in [6.45, 7) is 4.29. The molecule has 2 aromatic rings. The second-order valence-corrected chi connectivity index (χ2v) is 10.0. The molecule has 0 aliphatic carbocycles. The van der Waals surface area contributed by atoms with Crippen molar-refractivity contribution in [1.82, 2.24) is 10.2 Å². The number of nitrogens with one attached hydrogen (secondary N) is 1. The molecule has 1 atom stereocenters. The molecule has 35 heavy (non-hydrogen) atoms. The van der Waals surface area contributed by atoms with Crippen LogP contribution < -0.4 is 14.4 Å². The summed E-state index contributed by atoms with van der Waals surface area (Å²) in [5, 5.41) is 2.76. The molecular formula is C25H34FN3O5S. The third-order valence-electron chi connectivity index (χ3n) is 5.52. The third-order valence-corrected chi connectivity index (χ3v) is 6.71. The van der Waals surface area contributed by atoms with Crippen LogP contribution in [0.15, 0.2) is 48.5 Å². The van der Waals surface area contributed by atoms with Crippen molar-refractivity contribution >= 4 is 27.5 Å². The number of hydrogen-bond acceptors (Lipinski definition) is 5. The predicted molar refractivity (Wildman–Crippen MR) is 134 cm³/mol. The van der Waals surface area contributed by atoms with Gasteiger partial charge in [-0.05, 0) is 61.7 Å². The van der Waals surface area contributed by atoms with Gasteiger partial charge in [0.1, 0.15) is 17.6 Å². The van der Waals surface area contributed by atoms with Crippen molar-refractivity contribution in [3.05, 3.63) is 59.9 Å². The van der Waals surface area contributed by atoms with Gasteiger partial charge in [0.05, 0.1) is 19.1 Å². The van der Waals surface area contributed by atoms with E-state index in [0.717, 1.165) is 6.26 Å². The first-order chi connectivity index (χ1) is 16.6. The smallest absolute Gasteiger partial charge is 0.242 e. The fourth-order valence-electron chi connectivity index (χ4n) is 3.75. The summed E-state index contributed by atoms with van der Waals surface area (Å²) in [6, 6.07) is 11.7. The fraction of sp³-hybridized carbons (Fsp3) is 0.440. The molecule has 0 fully saturated rings. The molecule has 192 valence electrons. The maximum absolute atomic E-state index is 13.4. The summed E-state index contributed by atoms with van der Waals surface area (Å²) in [5.41, 5.74) is 1.16. The van der Waals surface area contributed by atoms with Crippen LogP contribution in [-0.2, 0) is 26.2 Å². The molecule has 0 saturated heterocycles. The molecule has 2 rings (SSSR count). The Kier molecular flexibility index (Phi) is 10.5. The molecule has 8 nitrogen and oxygen atoms in total. The number of anilines is 1. The number of methoxy groups -OCH3 is 1. The van der Waals surface area contributed by atoms with Crippen LogP contribution >= 0.6 is 0 Å². The lowest BCUT2D eigenvalue weighted by Gasteiger charge is -2.31. The first-order valence-electron chi connectivity index (χ1n) is 11.5. The highest BCUT2D eigenvalue weighted by molar-refractivity contribution is 7.92. The van der Waals surface area contributed by atoms with Crippen LogP contribution in [0.25, 0.3) is 0 Å². The number of likely N-dealkylation sites (N-methyl/N-ethyl adjacent to an activating group) is 1. The minimum atomic E-state index is -3.58. The Morgan fingerprint density at radius 1 is 1.06 bits per heavy atom. The summed E-state index contributed by atoms with van der Waals surface area (Å²) >= 11 is 0. The number of carbonyl (C=O) groups excluding carboxylic acids is 2. The van der Waals surface area contributed by atoms with Crippen LogP contribution in [0.3, 0.4) is 0 Å². The number of benzene rings is 2. The van der Waals surface area contributed by atoms with Gasteiger partial charge < -0.3 is 15.0 Å². The molecule has 0 saturated carbocycles. The Hall–Kier alpha value is -3.14. The monoisotopic (exact) mass is 507 g/mol. The number of ether oxygens (including phenoxy) is 1. The molecule has 2 aromatic carbocycles. The van der Waals surface area contributed by atoms with Crippen LogP contribution in [0, 0.1) is 5.82 Å². The fourth-order valence-corrected chi connectivity index (χ4v) is 4.72. The number of nitrogens with zero attached hydrogens (tertiary/aromatic N) is 2. The molecule has 0 aliphatic heterocycles. The summed E-state index contributed by atoms with van der Waals surface area (Å²) in [6.07, 6.45) is 1.81.